The Hall–Kier alpha value is -2.32. The van der Waals surface area contributed by atoms with E-state index in [1.165, 1.54) is 12.8 Å². The minimum atomic E-state index is 0.171. The number of carbonyl (C=O) groups excluding carboxylic acids is 1. The number of nitrogens with one attached hydrogen (secondary N) is 1. The van der Waals surface area contributed by atoms with E-state index in [-0.39, 0.29) is 12.0 Å². The van der Waals surface area contributed by atoms with Gasteiger partial charge in [0.2, 0.25) is 5.91 Å². The van der Waals surface area contributed by atoms with Gasteiger partial charge in [0.25, 0.3) is 0 Å². The third kappa shape index (κ3) is 3.34. The lowest BCUT2D eigenvalue weighted by Crippen LogP contribution is -2.35. The molecule has 1 aliphatic carbocycles. The number of carbonyl (C=O) groups is 1. The minimum Gasteiger partial charge on any atom is -0.365 e. The van der Waals surface area contributed by atoms with Crippen LogP contribution in [0.4, 0.5) is 5.82 Å². The van der Waals surface area contributed by atoms with Gasteiger partial charge in [-0.3, -0.25) is 4.79 Å². The Morgan fingerprint density at radius 2 is 2.08 bits per heavy atom. The SMILES string of the molecule is N#Cc1cc(NC2CCN(C(=O)C3CCCC3)C2)nc2ccc(Cl)cc12. The molecule has 2 fully saturated rings. The molecule has 1 atom stereocenters. The fraction of sp³-hybridized carbons (Fsp3) is 0.450. The second-order valence-electron chi connectivity index (χ2n) is 7.22. The summed E-state index contributed by atoms with van der Waals surface area (Å²) in [5, 5.41) is 14.2. The van der Waals surface area contributed by atoms with E-state index in [4.69, 9.17) is 11.6 Å². The van der Waals surface area contributed by atoms with E-state index in [0.29, 0.717) is 28.9 Å². The first-order valence-electron chi connectivity index (χ1n) is 9.20. The van der Waals surface area contributed by atoms with Crippen molar-refractivity contribution >= 4 is 34.2 Å². The van der Waals surface area contributed by atoms with E-state index in [1.54, 1.807) is 18.2 Å². The minimum absolute atomic E-state index is 0.171. The number of halogens is 1. The van der Waals surface area contributed by atoms with Crippen molar-refractivity contribution in [1.82, 2.24) is 9.88 Å². The molecule has 1 aliphatic heterocycles. The number of amides is 1. The molecular weight excluding hydrogens is 348 g/mol. The molecule has 1 saturated carbocycles. The molecule has 1 aromatic heterocycles. The van der Waals surface area contributed by atoms with Crippen LogP contribution < -0.4 is 5.32 Å². The van der Waals surface area contributed by atoms with Gasteiger partial charge in [-0.2, -0.15) is 5.26 Å². The van der Waals surface area contributed by atoms with Crippen LogP contribution in [0.3, 0.4) is 0 Å². The van der Waals surface area contributed by atoms with Gasteiger partial charge in [-0.05, 0) is 43.5 Å². The number of pyridine rings is 1. The van der Waals surface area contributed by atoms with E-state index in [0.717, 1.165) is 36.7 Å². The Morgan fingerprint density at radius 3 is 2.85 bits per heavy atom. The molecule has 6 heteroatoms. The summed E-state index contributed by atoms with van der Waals surface area (Å²) >= 11 is 6.03. The van der Waals surface area contributed by atoms with Crippen LogP contribution >= 0.6 is 11.6 Å². The Kier molecular flexibility index (Phi) is 4.69. The average Bonchev–Trinajstić information content (AvgIpc) is 3.33. The standard InChI is InChI=1S/C20H21ClN4O/c21-15-5-6-18-17(10-15)14(11-22)9-19(24-18)23-16-7-8-25(12-16)20(26)13-3-1-2-4-13/h5-6,9-10,13,16H,1-4,7-8,12H2,(H,23,24). The number of anilines is 1. The summed E-state index contributed by atoms with van der Waals surface area (Å²) < 4.78 is 0. The van der Waals surface area contributed by atoms with Gasteiger partial charge in [-0.1, -0.05) is 24.4 Å². The van der Waals surface area contributed by atoms with Gasteiger partial charge in [-0.25, -0.2) is 4.98 Å². The number of nitrogens with zero attached hydrogens (tertiary/aromatic N) is 3. The van der Waals surface area contributed by atoms with Crippen molar-refractivity contribution in [3.05, 3.63) is 34.9 Å². The van der Waals surface area contributed by atoms with E-state index in [1.807, 2.05) is 11.0 Å². The van der Waals surface area contributed by atoms with Gasteiger partial charge in [-0.15, -0.1) is 0 Å². The molecule has 0 radical (unpaired) electrons. The summed E-state index contributed by atoms with van der Waals surface area (Å²) in [6.07, 6.45) is 5.32. The quantitative estimate of drug-likeness (QED) is 0.890. The average molecular weight is 369 g/mol. The Bertz CT molecular complexity index is 885. The van der Waals surface area contributed by atoms with E-state index in [2.05, 4.69) is 16.4 Å². The van der Waals surface area contributed by atoms with Gasteiger partial charge in [0.05, 0.1) is 17.1 Å². The molecule has 1 saturated heterocycles. The maximum absolute atomic E-state index is 12.6. The van der Waals surface area contributed by atoms with Gasteiger partial charge in [0, 0.05) is 35.5 Å². The van der Waals surface area contributed by atoms with Gasteiger partial charge < -0.3 is 10.2 Å². The van der Waals surface area contributed by atoms with Crippen LogP contribution in [0.15, 0.2) is 24.3 Å². The van der Waals surface area contributed by atoms with Gasteiger partial charge in [0.1, 0.15) is 5.82 Å². The number of nitriles is 1. The number of hydrogen-bond acceptors (Lipinski definition) is 4. The molecular formula is C20H21ClN4O. The fourth-order valence-corrected chi connectivity index (χ4v) is 4.25. The smallest absolute Gasteiger partial charge is 0.225 e. The lowest BCUT2D eigenvalue weighted by Gasteiger charge is -2.21. The maximum atomic E-state index is 12.6. The van der Waals surface area contributed by atoms with Crippen LogP contribution in [0.5, 0.6) is 0 Å². The molecule has 0 bridgehead atoms. The highest BCUT2D eigenvalue weighted by molar-refractivity contribution is 6.31. The van der Waals surface area contributed by atoms with Crippen molar-refractivity contribution in [3.63, 3.8) is 0 Å². The molecule has 134 valence electrons. The Balaban J connectivity index is 1.48. The number of fused-ring (bicyclic) bond motifs is 1. The van der Waals surface area contributed by atoms with Gasteiger partial charge in [0.15, 0.2) is 0 Å². The van der Waals surface area contributed by atoms with Crippen LogP contribution in [-0.2, 0) is 4.79 Å². The van der Waals surface area contributed by atoms with Crippen LogP contribution in [0.2, 0.25) is 5.02 Å². The molecule has 26 heavy (non-hydrogen) atoms. The number of likely N-dealkylation sites (tertiary alicyclic amines) is 1. The van der Waals surface area contributed by atoms with Crippen LogP contribution in [0.25, 0.3) is 10.9 Å². The molecule has 2 aliphatic rings. The van der Waals surface area contributed by atoms with Crippen molar-refractivity contribution in [3.8, 4) is 6.07 Å². The summed E-state index contributed by atoms with van der Waals surface area (Å²) in [4.78, 5) is 19.2. The van der Waals surface area contributed by atoms with Crippen molar-refractivity contribution in [1.29, 1.82) is 5.26 Å². The molecule has 1 N–H and O–H groups in total. The Morgan fingerprint density at radius 1 is 1.27 bits per heavy atom. The second-order valence-corrected chi connectivity index (χ2v) is 7.66. The highest BCUT2D eigenvalue weighted by Crippen LogP contribution is 2.29. The van der Waals surface area contributed by atoms with E-state index in [9.17, 15) is 10.1 Å². The molecule has 2 aromatic rings. The fourth-order valence-electron chi connectivity index (χ4n) is 4.08. The lowest BCUT2D eigenvalue weighted by molar-refractivity contribution is -0.134. The highest BCUT2D eigenvalue weighted by Gasteiger charge is 2.32. The molecule has 1 unspecified atom stereocenters. The first kappa shape index (κ1) is 17.1. The van der Waals surface area contributed by atoms with Crippen molar-refractivity contribution in [2.45, 2.75) is 38.1 Å². The topological polar surface area (TPSA) is 69.0 Å². The predicted molar refractivity (Wildman–Crippen MR) is 102 cm³/mol. The lowest BCUT2D eigenvalue weighted by atomic mass is 10.1. The summed E-state index contributed by atoms with van der Waals surface area (Å²) in [6, 6.07) is 9.53. The molecule has 0 spiro atoms. The zero-order chi connectivity index (χ0) is 18.1. The highest BCUT2D eigenvalue weighted by atomic mass is 35.5. The zero-order valence-corrected chi connectivity index (χ0v) is 15.3. The van der Waals surface area contributed by atoms with E-state index < -0.39 is 0 Å². The van der Waals surface area contributed by atoms with Crippen molar-refractivity contribution in [2.24, 2.45) is 5.92 Å². The monoisotopic (exact) mass is 368 g/mol. The van der Waals surface area contributed by atoms with E-state index >= 15 is 0 Å². The largest absolute Gasteiger partial charge is 0.365 e. The number of benzene rings is 1. The molecule has 4 rings (SSSR count). The Labute approximate surface area is 158 Å². The number of aromatic nitrogens is 1. The zero-order valence-electron chi connectivity index (χ0n) is 14.5. The normalized spacial score (nSPS) is 20.5. The van der Waals surface area contributed by atoms with Crippen LogP contribution in [-0.4, -0.2) is 34.9 Å². The summed E-state index contributed by atoms with van der Waals surface area (Å²) in [5.41, 5.74) is 1.30. The predicted octanol–water partition coefficient (Wildman–Crippen LogP) is 3.96. The third-order valence-electron chi connectivity index (χ3n) is 5.45. The number of rotatable bonds is 3. The molecule has 5 nitrogen and oxygen atoms in total. The molecule has 1 aromatic carbocycles. The summed E-state index contributed by atoms with van der Waals surface area (Å²) in [6.45, 7) is 1.50. The van der Waals surface area contributed by atoms with Gasteiger partial charge >= 0.3 is 0 Å². The first-order chi connectivity index (χ1) is 12.6. The van der Waals surface area contributed by atoms with Crippen LogP contribution in [0, 0.1) is 17.2 Å². The molecule has 1 amide bonds. The first-order valence-corrected chi connectivity index (χ1v) is 9.57. The summed E-state index contributed by atoms with van der Waals surface area (Å²) in [5.74, 6) is 1.21. The number of hydrogen-bond donors (Lipinski definition) is 1. The summed E-state index contributed by atoms with van der Waals surface area (Å²) in [7, 11) is 0. The molecule has 2 heterocycles. The maximum Gasteiger partial charge on any atom is 0.225 e. The van der Waals surface area contributed by atoms with Crippen molar-refractivity contribution in [2.75, 3.05) is 18.4 Å². The van der Waals surface area contributed by atoms with Crippen LogP contribution in [0.1, 0.15) is 37.7 Å². The second kappa shape index (κ2) is 7.13. The third-order valence-corrected chi connectivity index (χ3v) is 5.68. The van der Waals surface area contributed by atoms with Crippen molar-refractivity contribution < 1.29 is 4.79 Å².